The lowest BCUT2D eigenvalue weighted by atomic mass is 9.92. The van der Waals surface area contributed by atoms with Crippen molar-refractivity contribution in [1.29, 1.82) is 0 Å². The van der Waals surface area contributed by atoms with Crippen molar-refractivity contribution in [1.82, 2.24) is 10.2 Å². The molecule has 2 atom stereocenters. The van der Waals surface area contributed by atoms with Crippen molar-refractivity contribution in [2.24, 2.45) is 5.92 Å². The molecule has 2 unspecified atom stereocenters. The van der Waals surface area contributed by atoms with Crippen LogP contribution in [0.4, 0.5) is 0 Å². The Morgan fingerprint density at radius 2 is 2.07 bits per heavy atom. The zero-order valence-electron chi connectivity index (χ0n) is 10.3. The van der Waals surface area contributed by atoms with Crippen LogP contribution in [0.1, 0.15) is 46.0 Å². The SMILES string of the molecule is CCCN(CC1CCNC(C)C1)C1CC1. The Bertz CT molecular complexity index is 189. The Hall–Kier alpha value is -0.0800. The number of rotatable bonds is 5. The number of nitrogens with one attached hydrogen (secondary N) is 1. The minimum absolute atomic E-state index is 0.742. The molecule has 2 aliphatic rings. The number of hydrogen-bond donors (Lipinski definition) is 1. The summed E-state index contributed by atoms with van der Waals surface area (Å²) < 4.78 is 0. The second kappa shape index (κ2) is 5.31. The lowest BCUT2D eigenvalue weighted by molar-refractivity contribution is 0.184. The van der Waals surface area contributed by atoms with E-state index in [0.717, 1.165) is 18.0 Å². The number of hydrogen-bond acceptors (Lipinski definition) is 2. The second-order valence-corrected chi connectivity index (χ2v) is 5.47. The maximum Gasteiger partial charge on any atom is 0.00965 e. The highest BCUT2D eigenvalue weighted by molar-refractivity contribution is 4.87. The first-order valence-electron chi connectivity index (χ1n) is 6.77. The van der Waals surface area contributed by atoms with Crippen LogP contribution in [-0.2, 0) is 0 Å². The molecule has 1 aliphatic heterocycles. The summed E-state index contributed by atoms with van der Waals surface area (Å²) in [6.07, 6.45) is 7.00. The molecule has 0 aromatic rings. The Labute approximate surface area is 94.4 Å². The molecule has 2 fully saturated rings. The monoisotopic (exact) mass is 210 g/mol. The van der Waals surface area contributed by atoms with E-state index in [1.54, 1.807) is 0 Å². The van der Waals surface area contributed by atoms with Gasteiger partial charge in [-0.05, 0) is 58.0 Å². The Morgan fingerprint density at radius 1 is 1.27 bits per heavy atom. The maximum absolute atomic E-state index is 3.54. The molecular formula is C13H26N2. The van der Waals surface area contributed by atoms with Gasteiger partial charge in [-0.25, -0.2) is 0 Å². The largest absolute Gasteiger partial charge is 0.314 e. The molecule has 2 nitrogen and oxygen atoms in total. The van der Waals surface area contributed by atoms with E-state index < -0.39 is 0 Å². The van der Waals surface area contributed by atoms with E-state index in [0.29, 0.717) is 0 Å². The van der Waals surface area contributed by atoms with Crippen LogP contribution < -0.4 is 5.32 Å². The van der Waals surface area contributed by atoms with Crippen molar-refractivity contribution < 1.29 is 0 Å². The summed E-state index contributed by atoms with van der Waals surface area (Å²) in [6.45, 7) is 8.55. The van der Waals surface area contributed by atoms with Crippen molar-refractivity contribution in [2.75, 3.05) is 19.6 Å². The van der Waals surface area contributed by atoms with Gasteiger partial charge in [-0.1, -0.05) is 6.92 Å². The average Bonchev–Trinajstić information content (AvgIpc) is 3.00. The van der Waals surface area contributed by atoms with Crippen molar-refractivity contribution in [3.63, 3.8) is 0 Å². The summed E-state index contributed by atoms with van der Waals surface area (Å²) in [6, 6.07) is 1.70. The van der Waals surface area contributed by atoms with E-state index in [4.69, 9.17) is 0 Å². The molecular weight excluding hydrogens is 184 g/mol. The van der Waals surface area contributed by atoms with Crippen molar-refractivity contribution >= 4 is 0 Å². The van der Waals surface area contributed by atoms with Crippen LogP contribution in [0.15, 0.2) is 0 Å². The summed E-state index contributed by atoms with van der Waals surface area (Å²) in [5.41, 5.74) is 0. The third-order valence-electron chi connectivity index (χ3n) is 3.80. The summed E-state index contributed by atoms with van der Waals surface area (Å²) >= 11 is 0. The molecule has 1 aliphatic carbocycles. The average molecular weight is 210 g/mol. The topological polar surface area (TPSA) is 15.3 Å². The van der Waals surface area contributed by atoms with Crippen LogP contribution in [-0.4, -0.2) is 36.6 Å². The van der Waals surface area contributed by atoms with Crippen LogP contribution in [0.5, 0.6) is 0 Å². The van der Waals surface area contributed by atoms with Gasteiger partial charge in [-0.3, -0.25) is 0 Å². The van der Waals surface area contributed by atoms with Gasteiger partial charge >= 0.3 is 0 Å². The van der Waals surface area contributed by atoms with Crippen molar-refractivity contribution in [3.8, 4) is 0 Å². The van der Waals surface area contributed by atoms with E-state index in [1.807, 2.05) is 0 Å². The van der Waals surface area contributed by atoms with E-state index >= 15 is 0 Å². The molecule has 2 rings (SSSR count). The van der Waals surface area contributed by atoms with E-state index in [1.165, 1.54) is 51.7 Å². The third-order valence-corrected chi connectivity index (χ3v) is 3.80. The minimum atomic E-state index is 0.742. The fourth-order valence-electron chi connectivity index (χ4n) is 2.88. The summed E-state index contributed by atoms with van der Waals surface area (Å²) in [5.74, 6) is 0.952. The Balaban J connectivity index is 1.77. The van der Waals surface area contributed by atoms with Crippen LogP contribution in [0, 0.1) is 5.92 Å². The van der Waals surface area contributed by atoms with Gasteiger partial charge in [0, 0.05) is 18.6 Å². The highest BCUT2D eigenvalue weighted by Crippen LogP contribution is 2.29. The molecule has 1 saturated heterocycles. The van der Waals surface area contributed by atoms with Crippen LogP contribution in [0.2, 0.25) is 0 Å². The quantitative estimate of drug-likeness (QED) is 0.749. The van der Waals surface area contributed by atoms with Gasteiger partial charge in [0.25, 0.3) is 0 Å². The number of piperidine rings is 1. The molecule has 0 radical (unpaired) electrons. The van der Waals surface area contributed by atoms with Crippen LogP contribution in [0.25, 0.3) is 0 Å². The van der Waals surface area contributed by atoms with E-state index in [2.05, 4.69) is 24.1 Å². The second-order valence-electron chi connectivity index (χ2n) is 5.47. The number of nitrogens with zero attached hydrogens (tertiary/aromatic N) is 1. The predicted molar refractivity (Wildman–Crippen MR) is 65.1 cm³/mol. The third kappa shape index (κ3) is 3.46. The molecule has 2 heteroatoms. The predicted octanol–water partition coefficient (Wildman–Crippen LogP) is 2.25. The van der Waals surface area contributed by atoms with Gasteiger partial charge in [-0.15, -0.1) is 0 Å². The molecule has 1 N–H and O–H groups in total. The van der Waals surface area contributed by atoms with Crippen molar-refractivity contribution in [3.05, 3.63) is 0 Å². The fourth-order valence-corrected chi connectivity index (χ4v) is 2.88. The van der Waals surface area contributed by atoms with Gasteiger partial charge in [0.05, 0.1) is 0 Å². The molecule has 1 saturated carbocycles. The van der Waals surface area contributed by atoms with Gasteiger partial charge in [0.2, 0.25) is 0 Å². The molecule has 15 heavy (non-hydrogen) atoms. The molecule has 1 heterocycles. The first-order valence-corrected chi connectivity index (χ1v) is 6.77. The first-order chi connectivity index (χ1) is 7.29. The van der Waals surface area contributed by atoms with Crippen LogP contribution in [0.3, 0.4) is 0 Å². The Morgan fingerprint density at radius 3 is 2.67 bits per heavy atom. The zero-order chi connectivity index (χ0) is 10.7. The molecule has 0 aromatic heterocycles. The molecule has 0 spiro atoms. The standard InChI is InChI=1S/C13H26N2/c1-3-8-15(13-4-5-13)10-12-6-7-14-11(2)9-12/h11-14H,3-10H2,1-2H3. The van der Waals surface area contributed by atoms with Gasteiger partial charge in [-0.2, -0.15) is 0 Å². The summed E-state index contributed by atoms with van der Waals surface area (Å²) in [5, 5.41) is 3.54. The summed E-state index contributed by atoms with van der Waals surface area (Å²) in [7, 11) is 0. The molecule has 0 aromatic carbocycles. The first kappa shape index (κ1) is 11.4. The summed E-state index contributed by atoms with van der Waals surface area (Å²) in [4.78, 5) is 2.75. The smallest absolute Gasteiger partial charge is 0.00965 e. The maximum atomic E-state index is 3.54. The van der Waals surface area contributed by atoms with E-state index in [9.17, 15) is 0 Å². The van der Waals surface area contributed by atoms with Gasteiger partial charge < -0.3 is 10.2 Å². The minimum Gasteiger partial charge on any atom is -0.314 e. The molecule has 0 amide bonds. The van der Waals surface area contributed by atoms with Gasteiger partial charge in [0.15, 0.2) is 0 Å². The normalized spacial score (nSPS) is 32.2. The molecule has 0 bridgehead atoms. The lowest BCUT2D eigenvalue weighted by Gasteiger charge is -2.32. The highest BCUT2D eigenvalue weighted by atomic mass is 15.2. The lowest BCUT2D eigenvalue weighted by Crippen LogP contribution is -2.41. The fraction of sp³-hybridized carbons (Fsp3) is 1.00. The highest BCUT2D eigenvalue weighted by Gasteiger charge is 2.30. The molecule has 88 valence electrons. The van der Waals surface area contributed by atoms with Crippen molar-refractivity contribution in [2.45, 2.75) is 58.0 Å². The van der Waals surface area contributed by atoms with Crippen LogP contribution >= 0.6 is 0 Å². The zero-order valence-corrected chi connectivity index (χ0v) is 10.3. The van der Waals surface area contributed by atoms with E-state index in [-0.39, 0.29) is 0 Å². The Kier molecular flexibility index (Phi) is 4.04. The van der Waals surface area contributed by atoms with Gasteiger partial charge in [0.1, 0.15) is 0 Å².